The highest BCUT2D eigenvalue weighted by Crippen LogP contribution is 2.42. The van der Waals surface area contributed by atoms with Crippen molar-refractivity contribution in [1.29, 1.82) is 0 Å². The van der Waals surface area contributed by atoms with Crippen molar-refractivity contribution in [3.63, 3.8) is 0 Å². The molecule has 2 saturated heterocycles. The van der Waals surface area contributed by atoms with E-state index in [4.69, 9.17) is 26.4 Å². The van der Waals surface area contributed by atoms with Crippen LogP contribution in [-0.4, -0.2) is 73.6 Å². The number of nitrogens with one attached hydrogen (secondary N) is 2. The summed E-state index contributed by atoms with van der Waals surface area (Å²) in [6.07, 6.45) is -2.74. The lowest BCUT2D eigenvalue weighted by molar-refractivity contribution is -0.183. The quantitative estimate of drug-likeness (QED) is 0.264. The van der Waals surface area contributed by atoms with Crippen LogP contribution >= 0.6 is 11.6 Å². The predicted octanol–water partition coefficient (Wildman–Crippen LogP) is 4.29. The Kier molecular flexibility index (Phi) is 9.15. The maximum atomic E-state index is 14.1. The van der Waals surface area contributed by atoms with Gasteiger partial charge in [-0.05, 0) is 43.2 Å². The number of alkyl halides is 6. The van der Waals surface area contributed by atoms with Gasteiger partial charge in [-0.1, -0.05) is 5.16 Å². The lowest BCUT2D eigenvalue weighted by Crippen LogP contribution is -2.47. The van der Waals surface area contributed by atoms with Crippen LogP contribution in [0.2, 0.25) is 0 Å². The molecule has 250 valence electrons. The van der Waals surface area contributed by atoms with E-state index in [0.29, 0.717) is 43.1 Å². The molecule has 1 aliphatic carbocycles. The molecule has 0 aromatic carbocycles. The molecule has 0 bridgehead atoms. The van der Waals surface area contributed by atoms with Crippen LogP contribution in [-0.2, 0) is 21.8 Å². The fraction of sp³-hybridized carbons (Fsp3) is 0.679. The molecule has 1 saturated carbocycles. The van der Waals surface area contributed by atoms with Crippen LogP contribution in [0, 0.1) is 17.8 Å². The van der Waals surface area contributed by atoms with Crippen LogP contribution in [0.1, 0.15) is 90.2 Å². The molecule has 5 heterocycles. The predicted molar refractivity (Wildman–Crippen MR) is 149 cm³/mol. The Morgan fingerprint density at radius 1 is 1.13 bits per heavy atom. The number of carbonyl (C=O) groups excluding carboxylic acids is 2. The molecule has 3 fully saturated rings. The van der Waals surface area contributed by atoms with E-state index in [1.165, 1.54) is 10.7 Å². The lowest BCUT2D eigenvalue weighted by Gasteiger charge is -2.33. The van der Waals surface area contributed by atoms with Gasteiger partial charge >= 0.3 is 6.18 Å². The van der Waals surface area contributed by atoms with Crippen LogP contribution < -0.4 is 10.6 Å². The normalized spacial score (nSPS) is 23.7. The van der Waals surface area contributed by atoms with E-state index in [0.717, 1.165) is 0 Å². The Morgan fingerprint density at radius 2 is 1.87 bits per heavy atom. The molecule has 6 rings (SSSR count). The van der Waals surface area contributed by atoms with Crippen molar-refractivity contribution < 1.29 is 40.9 Å². The molecule has 3 atom stereocenters. The number of fused-ring (bicyclic) bond motifs is 1. The minimum atomic E-state index is -4.46. The Labute approximate surface area is 264 Å². The first-order valence-electron chi connectivity index (χ1n) is 15.2. The number of hydrogen-bond acceptors (Lipinski definition) is 9. The maximum Gasteiger partial charge on any atom is 0.393 e. The molecule has 2 amide bonds. The highest BCUT2D eigenvalue weighted by atomic mass is 35.5. The number of rotatable bonds is 8. The molecule has 0 spiro atoms. The summed E-state index contributed by atoms with van der Waals surface area (Å²) in [4.78, 5) is 35.4. The van der Waals surface area contributed by atoms with Crippen LogP contribution in [0.3, 0.4) is 0 Å². The number of imidazole rings is 1. The molecule has 0 radical (unpaired) electrons. The van der Waals surface area contributed by atoms with Crippen LogP contribution in [0.4, 0.5) is 22.0 Å². The van der Waals surface area contributed by atoms with Gasteiger partial charge in [0.15, 0.2) is 5.69 Å². The standard InChI is InChI=1S/C28H32ClF5N8O4/c29-11-19-23(41-46-40-19)25(44)37-22(14-1-5-27(30,31)6-2-14)20-13-42-26(36-20)38-21(15-3-7-45-8-4-15)18(39-42)10-16-9-17(28(32,33)34)12-35-24(16)43/h13-17,22H,1-12H2,(H,35,43)(H,37,44)/t16-,17-,22+/m1/s1. The number of ether oxygens (including phenoxy) is 1. The summed E-state index contributed by atoms with van der Waals surface area (Å²) in [5, 5.41) is 17.2. The van der Waals surface area contributed by atoms with Gasteiger partial charge in [-0.25, -0.2) is 27.9 Å². The van der Waals surface area contributed by atoms with Crippen molar-refractivity contribution in [3.8, 4) is 0 Å². The van der Waals surface area contributed by atoms with Crippen molar-refractivity contribution in [2.75, 3.05) is 19.8 Å². The molecule has 2 N–H and O–H groups in total. The summed E-state index contributed by atoms with van der Waals surface area (Å²) in [6, 6.07) is -0.848. The second kappa shape index (κ2) is 13.0. The first-order valence-corrected chi connectivity index (χ1v) is 15.7. The Hall–Kier alpha value is -3.47. The van der Waals surface area contributed by atoms with Crippen molar-refractivity contribution in [1.82, 2.24) is 40.5 Å². The summed E-state index contributed by atoms with van der Waals surface area (Å²) in [5.41, 5.74) is 1.15. The van der Waals surface area contributed by atoms with Gasteiger partial charge in [0.2, 0.25) is 11.8 Å². The van der Waals surface area contributed by atoms with Crippen LogP contribution in [0.15, 0.2) is 10.8 Å². The molecule has 2 aliphatic heterocycles. The topological polar surface area (TPSA) is 149 Å². The molecule has 18 heteroatoms. The number of aromatic nitrogens is 6. The Morgan fingerprint density at radius 3 is 2.57 bits per heavy atom. The van der Waals surface area contributed by atoms with E-state index in [1.54, 1.807) is 0 Å². The second-order valence-electron chi connectivity index (χ2n) is 12.2. The average Bonchev–Trinajstić information content (AvgIpc) is 3.67. The molecular weight excluding hydrogens is 643 g/mol. The van der Waals surface area contributed by atoms with Gasteiger partial charge in [-0.3, -0.25) is 9.59 Å². The average molecular weight is 675 g/mol. The maximum absolute atomic E-state index is 14.1. The Balaban J connectivity index is 1.35. The van der Waals surface area contributed by atoms with E-state index in [2.05, 4.69) is 30.6 Å². The highest BCUT2D eigenvalue weighted by Gasteiger charge is 2.45. The lowest BCUT2D eigenvalue weighted by atomic mass is 9.81. The molecule has 12 nitrogen and oxygen atoms in total. The first-order chi connectivity index (χ1) is 21.9. The molecule has 3 aliphatic rings. The van der Waals surface area contributed by atoms with Gasteiger partial charge in [-0.15, -0.1) is 11.6 Å². The number of hydrogen-bond donors (Lipinski definition) is 2. The van der Waals surface area contributed by atoms with E-state index in [1.807, 2.05) is 0 Å². The largest absolute Gasteiger partial charge is 0.393 e. The van der Waals surface area contributed by atoms with Gasteiger partial charge in [0.1, 0.15) is 5.69 Å². The van der Waals surface area contributed by atoms with Gasteiger partial charge in [-0.2, -0.15) is 18.3 Å². The van der Waals surface area contributed by atoms with E-state index < -0.39 is 54.3 Å². The zero-order valence-corrected chi connectivity index (χ0v) is 25.3. The summed E-state index contributed by atoms with van der Waals surface area (Å²) >= 11 is 5.86. The minimum absolute atomic E-state index is 0.0697. The van der Waals surface area contributed by atoms with Crippen molar-refractivity contribution >= 4 is 29.2 Å². The Bertz CT molecular complexity index is 1570. The van der Waals surface area contributed by atoms with Gasteiger partial charge in [0.05, 0.1) is 41.1 Å². The van der Waals surface area contributed by atoms with Crippen molar-refractivity contribution in [2.45, 2.75) is 81.3 Å². The van der Waals surface area contributed by atoms with Crippen LogP contribution in [0.25, 0.3) is 5.78 Å². The number of halogens is 6. The smallest absolute Gasteiger partial charge is 0.381 e. The molecular formula is C28H32ClF5N8O4. The zero-order chi connectivity index (χ0) is 32.6. The summed E-state index contributed by atoms with van der Waals surface area (Å²) in [6.45, 7) is 0.439. The number of amides is 2. The van der Waals surface area contributed by atoms with Gasteiger partial charge < -0.3 is 15.4 Å². The SMILES string of the molecule is O=C(N[C@H](c1cn2nc(C[C@H]3C[C@@H](C(F)(F)F)CNC3=O)c(C3CCOCC3)nc2n1)C1CCC(F)(F)CC1)c1nonc1CCl. The second-order valence-corrected chi connectivity index (χ2v) is 12.5. The number of piperidine rings is 1. The fourth-order valence-electron chi connectivity index (χ4n) is 6.54. The molecule has 3 aromatic rings. The van der Waals surface area contributed by atoms with E-state index in [-0.39, 0.29) is 67.5 Å². The molecule has 46 heavy (non-hydrogen) atoms. The minimum Gasteiger partial charge on any atom is -0.381 e. The fourth-order valence-corrected chi connectivity index (χ4v) is 6.72. The zero-order valence-electron chi connectivity index (χ0n) is 24.5. The third-order valence-electron chi connectivity index (χ3n) is 9.14. The van der Waals surface area contributed by atoms with E-state index in [9.17, 15) is 31.5 Å². The monoisotopic (exact) mass is 674 g/mol. The first kappa shape index (κ1) is 32.5. The molecule has 3 aromatic heterocycles. The van der Waals surface area contributed by atoms with Gasteiger partial charge in [0, 0.05) is 50.9 Å². The summed E-state index contributed by atoms with van der Waals surface area (Å²) in [7, 11) is 0. The van der Waals surface area contributed by atoms with E-state index >= 15 is 0 Å². The number of nitrogens with zero attached hydrogens (tertiary/aromatic N) is 6. The summed E-state index contributed by atoms with van der Waals surface area (Å²) < 4.78 is 80.4. The third-order valence-corrected chi connectivity index (χ3v) is 9.40. The highest BCUT2D eigenvalue weighted by molar-refractivity contribution is 6.17. The van der Waals surface area contributed by atoms with Crippen molar-refractivity contribution in [3.05, 3.63) is 34.7 Å². The summed E-state index contributed by atoms with van der Waals surface area (Å²) in [5.74, 6) is -7.17. The van der Waals surface area contributed by atoms with Crippen LogP contribution in [0.5, 0.6) is 0 Å². The molecule has 0 unspecified atom stereocenters. The third kappa shape index (κ3) is 6.94. The van der Waals surface area contributed by atoms with Gasteiger partial charge in [0.25, 0.3) is 11.7 Å². The van der Waals surface area contributed by atoms with Crippen molar-refractivity contribution in [2.24, 2.45) is 17.8 Å². The number of carbonyl (C=O) groups is 2.